The molecular formula is C13H18N4OS2. The molecule has 2 heterocycles. The van der Waals surface area contributed by atoms with Crippen molar-refractivity contribution in [2.75, 3.05) is 42.4 Å². The summed E-state index contributed by atoms with van der Waals surface area (Å²) < 4.78 is 5.63. The normalized spacial score (nSPS) is 14.9. The van der Waals surface area contributed by atoms with E-state index < -0.39 is 0 Å². The molecule has 0 N–H and O–H groups in total. The van der Waals surface area contributed by atoms with E-state index in [1.807, 2.05) is 24.9 Å². The maximum absolute atomic E-state index is 9.44. The van der Waals surface area contributed by atoms with Gasteiger partial charge in [0.15, 0.2) is 16.5 Å². The second-order valence-corrected chi connectivity index (χ2v) is 6.27. The number of anilines is 1. The number of nitrogens with zero attached hydrogens (tertiary/aromatic N) is 4. The summed E-state index contributed by atoms with van der Waals surface area (Å²) in [6, 6.07) is 2.21. The summed E-state index contributed by atoms with van der Waals surface area (Å²) in [5, 5.41) is 10.1. The van der Waals surface area contributed by atoms with Crippen molar-refractivity contribution in [3.63, 3.8) is 0 Å². The molecule has 0 spiro atoms. The summed E-state index contributed by atoms with van der Waals surface area (Å²) in [6.07, 6.45) is 2.82. The van der Waals surface area contributed by atoms with Crippen LogP contribution in [-0.4, -0.2) is 47.4 Å². The van der Waals surface area contributed by atoms with Gasteiger partial charge in [-0.15, -0.1) is 0 Å². The molecule has 1 saturated heterocycles. The number of thioether (sulfide) groups is 2. The van der Waals surface area contributed by atoms with Gasteiger partial charge in [-0.3, -0.25) is 0 Å². The Labute approximate surface area is 128 Å². The molecule has 0 saturated carbocycles. The average Bonchev–Trinajstić information content (AvgIpc) is 2.52. The van der Waals surface area contributed by atoms with Gasteiger partial charge in [-0.25, -0.2) is 4.98 Å². The molecule has 1 aliphatic rings. The molecule has 0 atom stereocenters. The highest BCUT2D eigenvalue weighted by Gasteiger charge is 2.22. The summed E-state index contributed by atoms with van der Waals surface area (Å²) in [5.41, 5.74) is 0.461. The van der Waals surface area contributed by atoms with Gasteiger partial charge in [0.1, 0.15) is 6.07 Å². The largest absolute Gasteiger partial charge is 0.477 e. The van der Waals surface area contributed by atoms with Crippen molar-refractivity contribution in [3.8, 4) is 11.9 Å². The molecule has 1 aliphatic heterocycles. The first kappa shape index (κ1) is 15.3. The molecule has 1 aromatic rings. The van der Waals surface area contributed by atoms with E-state index in [0.29, 0.717) is 23.2 Å². The van der Waals surface area contributed by atoms with Crippen LogP contribution in [0.1, 0.15) is 18.9 Å². The SMILES string of the molecule is CCCOc1nc(SC)nc(N2CCSCC2)c1C#N. The van der Waals surface area contributed by atoms with Crippen molar-refractivity contribution in [2.45, 2.75) is 18.5 Å². The molecule has 0 amide bonds. The molecule has 0 bridgehead atoms. The third kappa shape index (κ3) is 3.49. The van der Waals surface area contributed by atoms with Crippen molar-refractivity contribution >= 4 is 29.3 Å². The topological polar surface area (TPSA) is 62.0 Å². The minimum absolute atomic E-state index is 0.418. The molecule has 0 radical (unpaired) electrons. The fraction of sp³-hybridized carbons (Fsp3) is 0.615. The van der Waals surface area contributed by atoms with Gasteiger partial charge in [0.2, 0.25) is 5.88 Å². The maximum atomic E-state index is 9.44. The summed E-state index contributed by atoms with van der Waals surface area (Å²) >= 11 is 3.40. The molecule has 0 aliphatic carbocycles. The molecule has 1 fully saturated rings. The maximum Gasteiger partial charge on any atom is 0.238 e. The molecule has 1 aromatic heterocycles. The van der Waals surface area contributed by atoms with Crippen molar-refractivity contribution in [1.29, 1.82) is 5.26 Å². The molecular weight excluding hydrogens is 292 g/mol. The van der Waals surface area contributed by atoms with Crippen LogP contribution in [0.5, 0.6) is 5.88 Å². The predicted octanol–water partition coefficient (Wildman–Crippen LogP) is 2.41. The van der Waals surface area contributed by atoms with Crippen LogP contribution in [0.4, 0.5) is 5.82 Å². The molecule has 7 heteroatoms. The summed E-state index contributed by atoms with van der Waals surface area (Å²) in [7, 11) is 0. The van der Waals surface area contributed by atoms with Gasteiger partial charge < -0.3 is 9.64 Å². The van der Waals surface area contributed by atoms with Crippen LogP contribution < -0.4 is 9.64 Å². The molecule has 108 valence electrons. The lowest BCUT2D eigenvalue weighted by Gasteiger charge is -2.28. The lowest BCUT2D eigenvalue weighted by atomic mass is 10.3. The number of aromatic nitrogens is 2. The van der Waals surface area contributed by atoms with Gasteiger partial charge >= 0.3 is 0 Å². The number of ether oxygens (including phenoxy) is 1. The van der Waals surface area contributed by atoms with E-state index in [1.54, 1.807) is 0 Å². The number of rotatable bonds is 5. The molecule has 20 heavy (non-hydrogen) atoms. The fourth-order valence-corrected chi connectivity index (χ4v) is 3.16. The van der Waals surface area contributed by atoms with Crippen molar-refractivity contribution < 1.29 is 4.74 Å². The average molecular weight is 310 g/mol. The second-order valence-electron chi connectivity index (χ2n) is 4.27. The summed E-state index contributed by atoms with van der Waals surface area (Å²) in [5.74, 6) is 3.27. The van der Waals surface area contributed by atoms with E-state index in [-0.39, 0.29) is 0 Å². The smallest absolute Gasteiger partial charge is 0.238 e. The van der Waals surface area contributed by atoms with Gasteiger partial charge in [0.05, 0.1) is 6.61 Å². The van der Waals surface area contributed by atoms with Crippen molar-refractivity contribution in [3.05, 3.63) is 5.56 Å². The summed E-state index contributed by atoms with van der Waals surface area (Å²) in [6.45, 7) is 4.43. The van der Waals surface area contributed by atoms with Crippen LogP contribution in [0.2, 0.25) is 0 Å². The van der Waals surface area contributed by atoms with Crippen molar-refractivity contribution in [2.24, 2.45) is 0 Å². The Bertz CT molecular complexity index is 498. The third-order valence-electron chi connectivity index (χ3n) is 2.88. The Morgan fingerprint density at radius 2 is 2.15 bits per heavy atom. The van der Waals surface area contributed by atoms with E-state index in [2.05, 4.69) is 20.9 Å². The van der Waals surface area contributed by atoms with Gasteiger partial charge in [-0.2, -0.15) is 22.0 Å². The quantitative estimate of drug-likeness (QED) is 0.611. The van der Waals surface area contributed by atoms with Gasteiger partial charge in [0.25, 0.3) is 0 Å². The fourth-order valence-electron chi connectivity index (χ4n) is 1.91. The monoisotopic (exact) mass is 310 g/mol. The molecule has 0 aromatic carbocycles. The Morgan fingerprint density at radius 1 is 1.40 bits per heavy atom. The van der Waals surface area contributed by atoms with E-state index in [1.165, 1.54) is 11.8 Å². The Balaban J connectivity index is 2.39. The Hall–Kier alpha value is -1.13. The van der Waals surface area contributed by atoms with E-state index in [0.717, 1.165) is 36.8 Å². The molecule has 5 nitrogen and oxygen atoms in total. The Morgan fingerprint density at radius 3 is 2.75 bits per heavy atom. The minimum Gasteiger partial charge on any atom is -0.477 e. The van der Waals surface area contributed by atoms with Gasteiger partial charge in [-0.1, -0.05) is 18.7 Å². The second kappa shape index (κ2) is 7.60. The zero-order valence-corrected chi connectivity index (χ0v) is 13.4. The van der Waals surface area contributed by atoms with Crippen LogP contribution >= 0.6 is 23.5 Å². The highest BCUT2D eigenvalue weighted by Crippen LogP contribution is 2.29. The zero-order chi connectivity index (χ0) is 14.4. The first-order chi connectivity index (χ1) is 9.80. The molecule has 0 unspecified atom stereocenters. The lowest BCUT2D eigenvalue weighted by molar-refractivity contribution is 0.301. The highest BCUT2D eigenvalue weighted by molar-refractivity contribution is 7.99. The minimum atomic E-state index is 0.418. The first-order valence-corrected chi connectivity index (χ1v) is 8.99. The van der Waals surface area contributed by atoms with E-state index in [4.69, 9.17) is 4.74 Å². The van der Waals surface area contributed by atoms with E-state index in [9.17, 15) is 5.26 Å². The van der Waals surface area contributed by atoms with Crippen LogP contribution in [0.25, 0.3) is 0 Å². The van der Waals surface area contributed by atoms with Gasteiger partial charge in [0, 0.05) is 24.6 Å². The first-order valence-electron chi connectivity index (χ1n) is 6.61. The van der Waals surface area contributed by atoms with Crippen LogP contribution in [0.3, 0.4) is 0 Å². The van der Waals surface area contributed by atoms with Crippen LogP contribution in [0.15, 0.2) is 5.16 Å². The van der Waals surface area contributed by atoms with Gasteiger partial charge in [-0.05, 0) is 12.7 Å². The molecule has 2 rings (SSSR count). The number of hydrogen-bond acceptors (Lipinski definition) is 7. The predicted molar refractivity (Wildman–Crippen MR) is 83.9 cm³/mol. The third-order valence-corrected chi connectivity index (χ3v) is 4.37. The number of nitriles is 1. The lowest BCUT2D eigenvalue weighted by Crippen LogP contribution is -2.34. The summed E-state index contributed by atoms with van der Waals surface area (Å²) in [4.78, 5) is 11.0. The Kier molecular flexibility index (Phi) is 5.80. The van der Waals surface area contributed by atoms with Crippen LogP contribution in [0, 0.1) is 11.3 Å². The van der Waals surface area contributed by atoms with Crippen molar-refractivity contribution in [1.82, 2.24) is 9.97 Å². The zero-order valence-electron chi connectivity index (χ0n) is 11.8. The highest BCUT2D eigenvalue weighted by atomic mass is 32.2. The van der Waals surface area contributed by atoms with Crippen LogP contribution in [-0.2, 0) is 0 Å². The van der Waals surface area contributed by atoms with E-state index >= 15 is 0 Å². The standard InChI is InChI=1S/C13H18N4OS2/c1-3-6-18-12-10(9-14)11(15-13(16-12)19-2)17-4-7-20-8-5-17/h3-8H2,1-2H3. The number of hydrogen-bond donors (Lipinski definition) is 0.